The highest BCUT2D eigenvalue weighted by molar-refractivity contribution is 5.91. The van der Waals surface area contributed by atoms with E-state index in [1.165, 1.54) is 0 Å². The summed E-state index contributed by atoms with van der Waals surface area (Å²) in [5, 5.41) is 16.7. The zero-order valence-corrected chi connectivity index (χ0v) is 13.2. The van der Waals surface area contributed by atoms with Crippen molar-refractivity contribution in [2.24, 2.45) is 0 Å². The minimum atomic E-state index is -5.16. The van der Waals surface area contributed by atoms with Crippen molar-refractivity contribution in [3.63, 3.8) is 0 Å². The molecule has 2 rings (SSSR count). The number of aromatic carboxylic acids is 2. The van der Waals surface area contributed by atoms with Crippen LogP contribution >= 0.6 is 0 Å². The molecule has 0 unspecified atom stereocenters. The molecule has 0 fully saturated rings. The van der Waals surface area contributed by atoms with E-state index in [0.717, 1.165) is 18.2 Å². The number of benzene rings is 2. The van der Waals surface area contributed by atoms with Gasteiger partial charge in [0.2, 0.25) is 0 Å². The zero-order valence-electron chi connectivity index (χ0n) is 13.2. The summed E-state index contributed by atoms with van der Waals surface area (Å²) < 4.78 is 99.0. The van der Waals surface area contributed by atoms with Crippen LogP contribution in [0.5, 0.6) is 0 Å². The molecule has 0 saturated carbocycles. The van der Waals surface area contributed by atoms with Crippen molar-refractivity contribution in [3.05, 3.63) is 70.3 Å². The third-order valence-electron chi connectivity index (χ3n) is 3.07. The van der Waals surface area contributed by atoms with E-state index in [1.54, 1.807) is 0 Å². The van der Waals surface area contributed by atoms with Crippen molar-refractivity contribution >= 4 is 11.9 Å². The first-order chi connectivity index (χ1) is 12.7. The van der Waals surface area contributed by atoms with Gasteiger partial charge in [0.1, 0.15) is 17.2 Å². The van der Waals surface area contributed by atoms with Crippen LogP contribution in [0.3, 0.4) is 0 Å². The van der Waals surface area contributed by atoms with Gasteiger partial charge in [-0.2, -0.15) is 26.3 Å². The van der Waals surface area contributed by atoms with Crippen molar-refractivity contribution in [1.82, 2.24) is 0 Å². The van der Waals surface area contributed by atoms with Gasteiger partial charge in [-0.05, 0) is 24.3 Å². The van der Waals surface area contributed by atoms with Crippen LogP contribution in [0.4, 0.5) is 35.1 Å². The van der Waals surface area contributed by atoms with Gasteiger partial charge in [-0.15, -0.1) is 0 Å². The summed E-state index contributed by atoms with van der Waals surface area (Å²) in [5.74, 6) is -5.99. The Kier molecular flexibility index (Phi) is 6.72. The lowest BCUT2D eigenvalue weighted by atomic mass is 10.0. The summed E-state index contributed by atoms with van der Waals surface area (Å²) in [6.07, 6.45) is -10.3. The monoisotopic (exact) mass is 416 g/mol. The van der Waals surface area contributed by atoms with Gasteiger partial charge in [-0.25, -0.2) is 18.4 Å². The maximum absolute atomic E-state index is 12.5. The van der Waals surface area contributed by atoms with E-state index in [1.807, 2.05) is 0 Å². The molecule has 4 nitrogen and oxygen atoms in total. The topological polar surface area (TPSA) is 74.6 Å². The Bertz CT molecular complexity index is 835. The number of halogens is 8. The van der Waals surface area contributed by atoms with Gasteiger partial charge in [0.15, 0.2) is 0 Å². The Morgan fingerprint density at radius 3 is 1.21 bits per heavy atom. The van der Waals surface area contributed by atoms with E-state index < -0.39 is 58.2 Å². The summed E-state index contributed by atoms with van der Waals surface area (Å²) in [7, 11) is 0. The number of carboxylic acids is 2. The second-order valence-corrected chi connectivity index (χ2v) is 4.93. The Morgan fingerprint density at radius 1 is 0.643 bits per heavy atom. The fourth-order valence-electron chi connectivity index (χ4n) is 1.96. The summed E-state index contributed by atoms with van der Waals surface area (Å²) in [4.78, 5) is 20.7. The third kappa shape index (κ3) is 5.41. The lowest BCUT2D eigenvalue weighted by Gasteiger charge is -2.15. The lowest BCUT2D eigenvalue weighted by molar-refractivity contribution is -0.144. The molecule has 2 aromatic carbocycles. The van der Waals surface area contributed by atoms with Crippen molar-refractivity contribution in [2.75, 3.05) is 0 Å². The van der Waals surface area contributed by atoms with E-state index in [2.05, 4.69) is 0 Å². The number of hydrogen-bond donors (Lipinski definition) is 2. The minimum absolute atomic E-state index is 0.290. The summed E-state index contributed by atoms with van der Waals surface area (Å²) in [5.41, 5.74) is -6.33. The molecule has 2 N–H and O–H groups in total. The second-order valence-electron chi connectivity index (χ2n) is 4.93. The highest BCUT2D eigenvalue weighted by atomic mass is 19.4. The fraction of sp³-hybridized carbons (Fsp3) is 0.125. The van der Waals surface area contributed by atoms with Gasteiger partial charge in [0.25, 0.3) is 0 Å². The molecule has 152 valence electrons. The molecule has 0 amide bonds. The Morgan fingerprint density at radius 2 is 0.964 bits per heavy atom. The van der Waals surface area contributed by atoms with Crippen LogP contribution in [0.2, 0.25) is 0 Å². The van der Waals surface area contributed by atoms with Gasteiger partial charge >= 0.3 is 24.3 Å². The van der Waals surface area contributed by atoms with Crippen LogP contribution in [-0.4, -0.2) is 22.2 Å². The molecule has 0 bridgehead atoms. The highest BCUT2D eigenvalue weighted by Gasteiger charge is 2.42. The number of carboxylic acid groups (broad SMARTS) is 2. The molecular weight excluding hydrogens is 408 g/mol. The zero-order chi connectivity index (χ0) is 21.9. The van der Waals surface area contributed by atoms with E-state index in [4.69, 9.17) is 10.2 Å². The van der Waals surface area contributed by atoms with Crippen molar-refractivity contribution in [3.8, 4) is 0 Å². The smallest absolute Gasteiger partial charge is 0.417 e. The van der Waals surface area contributed by atoms with Crippen LogP contribution in [0.25, 0.3) is 0 Å². The largest absolute Gasteiger partial charge is 0.478 e. The normalized spacial score (nSPS) is 11.4. The van der Waals surface area contributed by atoms with Crippen LogP contribution in [0.15, 0.2) is 36.4 Å². The van der Waals surface area contributed by atoms with E-state index in [0.29, 0.717) is 18.2 Å². The molecule has 0 radical (unpaired) electrons. The number of alkyl halides is 6. The molecular formula is C16H8F8O4. The predicted molar refractivity (Wildman–Crippen MR) is 76.7 cm³/mol. The van der Waals surface area contributed by atoms with Crippen molar-refractivity contribution in [2.45, 2.75) is 12.4 Å². The summed E-state index contributed by atoms with van der Waals surface area (Å²) >= 11 is 0. The van der Waals surface area contributed by atoms with Crippen LogP contribution in [0.1, 0.15) is 31.8 Å². The molecule has 0 aliphatic carbocycles. The summed E-state index contributed by atoms with van der Waals surface area (Å²) in [6.45, 7) is 0. The molecule has 0 atom stereocenters. The first-order valence-corrected chi connectivity index (χ1v) is 6.86. The van der Waals surface area contributed by atoms with E-state index in [-0.39, 0.29) is 0 Å². The third-order valence-corrected chi connectivity index (χ3v) is 3.07. The molecule has 12 heteroatoms. The maximum atomic E-state index is 12.5. The number of rotatable bonds is 2. The van der Waals surface area contributed by atoms with Crippen molar-refractivity contribution < 1.29 is 54.9 Å². The van der Waals surface area contributed by atoms with Crippen LogP contribution < -0.4 is 0 Å². The first-order valence-electron chi connectivity index (χ1n) is 6.86. The SMILES string of the molecule is O=C(O)c1c(C(F)(F)F)cccc1C(F)(F)F.O=C(O)c1c(F)cccc1F. The number of carbonyl (C=O) groups is 2. The lowest BCUT2D eigenvalue weighted by Crippen LogP contribution is -2.19. The minimum Gasteiger partial charge on any atom is -0.478 e. The Labute approximate surface area is 150 Å². The van der Waals surface area contributed by atoms with Gasteiger partial charge in [-0.1, -0.05) is 12.1 Å². The Hall–Kier alpha value is -3.18. The molecule has 28 heavy (non-hydrogen) atoms. The van der Waals surface area contributed by atoms with Gasteiger partial charge < -0.3 is 10.2 Å². The highest BCUT2D eigenvalue weighted by Crippen LogP contribution is 2.39. The van der Waals surface area contributed by atoms with Crippen LogP contribution in [0, 0.1) is 11.6 Å². The van der Waals surface area contributed by atoms with E-state index in [9.17, 15) is 44.7 Å². The van der Waals surface area contributed by atoms with Gasteiger partial charge in [0.05, 0.1) is 16.7 Å². The molecule has 0 saturated heterocycles. The molecule has 2 aromatic rings. The maximum Gasteiger partial charge on any atom is 0.417 e. The second kappa shape index (κ2) is 8.23. The van der Waals surface area contributed by atoms with E-state index >= 15 is 0 Å². The summed E-state index contributed by atoms with van der Waals surface area (Å²) in [6, 6.07) is 3.99. The Balaban J connectivity index is 0.000000307. The quantitative estimate of drug-likeness (QED) is 0.670. The first kappa shape index (κ1) is 22.9. The molecule has 0 aliphatic heterocycles. The molecule has 0 spiro atoms. The predicted octanol–water partition coefficient (Wildman–Crippen LogP) is 5.09. The standard InChI is InChI=1S/C9H4F6O2.C7H4F2O2/c10-8(11,12)4-2-1-3-5(9(13,14)15)6(4)7(16)17;8-4-2-1-3-5(9)6(4)7(10)11/h1-3H,(H,16,17);1-3H,(H,10,11). The van der Waals surface area contributed by atoms with Crippen molar-refractivity contribution in [1.29, 1.82) is 0 Å². The fourth-order valence-corrected chi connectivity index (χ4v) is 1.96. The molecule has 0 aromatic heterocycles. The average Bonchev–Trinajstić information content (AvgIpc) is 2.52. The number of hydrogen-bond acceptors (Lipinski definition) is 2. The van der Waals surface area contributed by atoms with Gasteiger partial charge in [-0.3, -0.25) is 0 Å². The average molecular weight is 416 g/mol. The van der Waals surface area contributed by atoms with Gasteiger partial charge in [0, 0.05) is 0 Å². The molecule has 0 heterocycles. The molecule has 0 aliphatic rings. The van der Waals surface area contributed by atoms with Crippen LogP contribution in [-0.2, 0) is 12.4 Å².